The molecular weight excluding hydrogens is 185 g/mol. The number of aliphatic hydroxyl groups excluding tert-OH is 1. The van der Waals surface area contributed by atoms with Gasteiger partial charge >= 0.3 is 7.12 Å². The van der Waals surface area contributed by atoms with E-state index in [-0.39, 0.29) is 5.46 Å². The first-order chi connectivity index (χ1) is 6.63. The third-order valence-electron chi connectivity index (χ3n) is 1.61. The highest BCUT2D eigenvalue weighted by Gasteiger charge is 2.11. The van der Waals surface area contributed by atoms with Crippen molar-refractivity contribution in [1.82, 2.24) is 0 Å². The smallest absolute Gasteiger partial charge is 0.423 e. The second-order valence-corrected chi connectivity index (χ2v) is 2.71. The molecule has 1 amide bonds. The van der Waals surface area contributed by atoms with Crippen LogP contribution in [0, 0.1) is 0 Å². The van der Waals surface area contributed by atoms with Gasteiger partial charge in [-0.2, -0.15) is 0 Å². The largest absolute Gasteiger partial charge is 0.488 e. The summed E-state index contributed by atoms with van der Waals surface area (Å²) in [7, 11) is -1.57. The lowest BCUT2D eigenvalue weighted by atomic mass is 9.80. The van der Waals surface area contributed by atoms with Crippen LogP contribution in [0.25, 0.3) is 0 Å². The van der Waals surface area contributed by atoms with Gasteiger partial charge in [0.05, 0.1) is 0 Å². The van der Waals surface area contributed by atoms with E-state index in [0.29, 0.717) is 5.69 Å². The summed E-state index contributed by atoms with van der Waals surface area (Å²) in [6.45, 7) is -0.605. The summed E-state index contributed by atoms with van der Waals surface area (Å²) >= 11 is 0. The van der Waals surface area contributed by atoms with E-state index >= 15 is 0 Å². The Hall–Kier alpha value is -1.37. The number of carbonyl (C=O) groups is 1. The molecule has 74 valence electrons. The summed E-state index contributed by atoms with van der Waals surface area (Å²) in [4.78, 5) is 10.8. The van der Waals surface area contributed by atoms with Crippen LogP contribution in [0.2, 0.25) is 0 Å². The highest BCUT2D eigenvalue weighted by molar-refractivity contribution is 6.58. The van der Waals surface area contributed by atoms with Crippen LogP contribution in [0.1, 0.15) is 0 Å². The lowest BCUT2D eigenvalue weighted by Gasteiger charge is -2.05. The number of aliphatic hydroxyl groups is 1. The van der Waals surface area contributed by atoms with Crippen LogP contribution in [0.4, 0.5) is 5.69 Å². The van der Waals surface area contributed by atoms with E-state index in [4.69, 9.17) is 15.2 Å². The standard InChI is InChI=1S/C8H10BNO4/c11-5-8(12)10-7-3-1-2-6(4-7)9(13)14/h1-4,11,13-14H,5H2,(H,10,12). The van der Waals surface area contributed by atoms with E-state index in [9.17, 15) is 4.79 Å². The molecule has 0 aromatic heterocycles. The van der Waals surface area contributed by atoms with Crippen LogP contribution in [0.5, 0.6) is 0 Å². The van der Waals surface area contributed by atoms with Crippen molar-refractivity contribution < 1.29 is 19.9 Å². The number of amides is 1. The van der Waals surface area contributed by atoms with Crippen molar-refractivity contribution in [2.75, 3.05) is 11.9 Å². The maximum atomic E-state index is 10.8. The van der Waals surface area contributed by atoms with Crippen LogP contribution in [0.3, 0.4) is 0 Å². The summed E-state index contributed by atoms with van der Waals surface area (Å²) in [6, 6.07) is 6.08. The number of nitrogens with one attached hydrogen (secondary N) is 1. The highest BCUT2D eigenvalue weighted by atomic mass is 16.4. The van der Waals surface area contributed by atoms with Gasteiger partial charge in [0, 0.05) is 5.69 Å². The Bertz CT molecular complexity index is 329. The molecule has 4 N–H and O–H groups in total. The summed E-state index contributed by atoms with van der Waals surface area (Å²) in [5.74, 6) is -0.547. The number of rotatable bonds is 3. The number of benzene rings is 1. The van der Waals surface area contributed by atoms with Crippen LogP contribution in [-0.4, -0.2) is 34.8 Å². The zero-order chi connectivity index (χ0) is 10.6. The van der Waals surface area contributed by atoms with Gasteiger partial charge in [0.1, 0.15) is 6.61 Å². The van der Waals surface area contributed by atoms with E-state index in [1.807, 2.05) is 0 Å². The molecule has 0 atom stereocenters. The van der Waals surface area contributed by atoms with Crippen LogP contribution < -0.4 is 10.8 Å². The van der Waals surface area contributed by atoms with Crippen LogP contribution >= 0.6 is 0 Å². The predicted molar refractivity (Wildman–Crippen MR) is 52.0 cm³/mol. The first kappa shape index (κ1) is 10.7. The molecule has 0 bridgehead atoms. The maximum Gasteiger partial charge on any atom is 0.488 e. The Kier molecular flexibility index (Phi) is 3.64. The Morgan fingerprint density at radius 1 is 1.43 bits per heavy atom. The van der Waals surface area contributed by atoms with Crippen molar-refractivity contribution >= 4 is 24.2 Å². The fourth-order valence-corrected chi connectivity index (χ4v) is 0.978. The highest BCUT2D eigenvalue weighted by Crippen LogP contribution is 2.03. The maximum absolute atomic E-state index is 10.8. The Labute approximate surface area is 81.1 Å². The molecule has 1 rings (SSSR count). The minimum absolute atomic E-state index is 0.278. The second-order valence-electron chi connectivity index (χ2n) is 2.71. The van der Waals surface area contributed by atoms with Gasteiger partial charge in [0.2, 0.25) is 5.91 Å². The first-order valence-corrected chi connectivity index (χ1v) is 4.00. The molecule has 0 heterocycles. The predicted octanol–water partition coefficient (Wildman–Crippen LogP) is -1.70. The minimum atomic E-state index is -1.57. The van der Waals surface area contributed by atoms with Crippen LogP contribution in [-0.2, 0) is 4.79 Å². The molecule has 14 heavy (non-hydrogen) atoms. The molecule has 1 aromatic carbocycles. The Morgan fingerprint density at radius 2 is 2.14 bits per heavy atom. The van der Waals surface area contributed by atoms with E-state index in [1.165, 1.54) is 12.1 Å². The van der Waals surface area contributed by atoms with Gasteiger partial charge < -0.3 is 20.5 Å². The summed E-state index contributed by atoms with van der Waals surface area (Å²) in [5.41, 5.74) is 0.690. The lowest BCUT2D eigenvalue weighted by molar-refractivity contribution is -0.118. The van der Waals surface area contributed by atoms with Gasteiger partial charge in [-0.05, 0) is 17.6 Å². The van der Waals surface area contributed by atoms with Gasteiger partial charge in [-0.25, -0.2) is 0 Å². The average molecular weight is 195 g/mol. The third kappa shape index (κ3) is 2.84. The van der Waals surface area contributed by atoms with Crippen molar-refractivity contribution in [1.29, 1.82) is 0 Å². The van der Waals surface area contributed by atoms with Crippen molar-refractivity contribution in [3.05, 3.63) is 24.3 Å². The molecule has 1 aromatic rings. The molecule has 5 nitrogen and oxygen atoms in total. The molecule has 0 spiro atoms. The SMILES string of the molecule is O=C(CO)Nc1cccc(B(O)O)c1. The van der Waals surface area contributed by atoms with Crippen molar-refractivity contribution in [3.63, 3.8) is 0 Å². The van der Waals surface area contributed by atoms with Gasteiger partial charge in [0.15, 0.2) is 0 Å². The van der Waals surface area contributed by atoms with Gasteiger partial charge in [0.25, 0.3) is 0 Å². The Morgan fingerprint density at radius 3 is 2.71 bits per heavy atom. The fraction of sp³-hybridized carbons (Fsp3) is 0.125. The quantitative estimate of drug-likeness (QED) is 0.432. The summed E-state index contributed by atoms with van der Waals surface area (Å²) in [5, 5.41) is 28.5. The molecular formula is C8H10BNO4. The number of anilines is 1. The van der Waals surface area contributed by atoms with Crippen molar-refractivity contribution in [2.45, 2.75) is 0 Å². The second kappa shape index (κ2) is 4.76. The molecule has 0 fully saturated rings. The van der Waals surface area contributed by atoms with Gasteiger partial charge in [-0.3, -0.25) is 4.79 Å². The van der Waals surface area contributed by atoms with Gasteiger partial charge in [-0.1, -0.05) is 12.1 Å². The van der Waals surface area contributed by atoms with E-state index < -0.39 is 19.6 Å². The summed E-state index contributed by atoms with van der Waals surface area (Å²) in [6.07, 6.45) is 0. The molecule has 0 unspecified atom stereocenters. The molecule has 0 radical (unpaired) electrons. The zero-order valence-corrected chi connectivity index (χ0v) is 7.34. The molecule has 0 aliphatic carbocycles. The van der Waals surface area contributed by atoms with E-state index in [1.54, 1.807) is 12.1 Å². The van der Waals surface area contributed by atoms with E-state index in [2.05, 4.69) is 5.32 Å². The molecule has 0 aliphatic rings. The molecule has 0 aliphatic heterocycles. The number of carbonyl (C=O) groups excluding carboxylic acids is 1. The third-order valence-corrected chi connectivity index (χ3v) is 1.61. The molecule has 0 saturated carbocycles. The van der Waals surface area contributed by atoms with E-state index in [0.717, 1.165) is 0 Å². The zero-order valence-electron chi connectivity index (χ0n) is 7.34. The average Bonchev–Trinajstić information content (AvgIpc) is 2.18. The monoisotopic (exact) mass is 195 g/mol. The topological polar surface area (TPSA) is 89.8 Å². The summed E-state index contributed by atoms with van der Waals surface area (Å²) < 4.78 is 0. The number of hydrogen-bond donors (Lipinski definition) is 4. The number of hydrogen-bond acceptors (Lipinski definition) is 4. The molecule has 0 saturated heterocycles. The lowest BCUT2D eigenvalue weighted by Crippen LogP contribution is -2.30. The van der Waals surface area contributed by atoms with Crippen molar-refractivity contribution in [3.8, 4) is 0 Å². The Balaban J connectivity index is 2.78. The normalized spacial score (nSPS) is 9.64. The van der Waals surface area contributed by atoms with Gasteiger partial charge in [-0.15, -0.1) is 0 Å². The first-order valence-electron chi connectivity index (χ1n) is 4.00. The fourth-order valence-electron chi connectivity index (χ4n) is 0.978. The van der Waals surface area contributed by atoms with Crippen molar-refractivity contribution in [2.24, 2.45) is 0 Å². The van der Waals surface area contributed by atoms with Crippen LogP contribution in [0.15, 0.2) is 24.3 Å². The molecule has 6 heteroatoms. The minimum Gasteiger partial charge on any atom is -0.423 e.